The van der Waals surface area contributed by atoms with Crippen molar-refractivity contribution in [3.63, 3.8) is 0 Å². The largest absolute Gasteiger partial charge is 0.352 e. The number of nitrogens with one attached hydrogen (secondary N) is 1. The molecule has 0 aromatic carbocycles. The van der Waals surface area contributed by atoms with Crippen LogP contribution in [0, 0.1) is 10.8 Å². The number of amides is 1. The lowest BCUT2D eigenvalue weighted by atomic mass is 9.48. The number of carbonyl (C=O) groups excluding carboxylic acids is 1. The Morgan fingerprint density at radius 2 is 1.43 bits per heavy atom. The Kier molecular flexibility index (Phi) is 6.71. The summed E-state index contributed by atoms with van der Waals surface area (Å²) < 4.78 is 0. The fourth-order valence-corrected chi connectivity index (χ4v) is 4.03. The smallest absolute Gasteiger partial charge is 0.220 e. The normalized spacial score (nSPS) is 26.2. The molecule has 0 spiro atoms. The van der Waals surface area contributed by atoms with Crippen LogP contribution in [0.15, 0.2) is 0 Å². The first kappa shape index (κ1) is 18.5. The van der Waals surface area contributed by atoms with Crippen LogP contribution in [0.5, 0.6) is 0 Å². The first-order chi connectivity index (χ1) is 9.74. The van der Waals surface area contributed by atoms with E-state index in [1.165, 1.54) is 38.5 Å². The molecular formula is C18H36N2O. The lowest BCUT2D eigenvalue weighted by Gasteiger charge is -2.62. The van der Waals surface area contributed by atoms with Gasteiger partial charge < -0.3 is 11.1 Å². The zero-order chi connectivity index (χ0) is 16.1. The van der Waals surface area contributed by atoms with Crippen molar-refractivity contribution in [2.75, 3.05) is 0 Å². The molecule has 124 valence electrons. The molecule has 0 heterocycles. The lowest BCUT2D eigenvalue weighted by Crippen LogP contribution is -2.76. The number of hydrogen-bond donors (Lipinski definition) is 2. The Morgan fingerprint density at radius 1 is 0.952 bits per heavy atom. The summed E-state index contributed by atoms with van der Waals surface area (Å²) in [6, 6.07) is 0.339. The molecule has 21 heavy (non-hydrogen) atoms. The molecule has 1 saturated carbocycles. The van der Waals surface area contributed by atoms with Crippen LogP contribution < -0.4 is 11.1 Å². The van der Waals surface area contributed by atoms with Crippen LogP contribution >= 0.6 is 0 Å². The van der Waals surface area contributed by atoms with Gasteiger partial charge in [0.2, 0.25) is 5.91 Å². The zero-order valence-electron chi connectivity index (χ0n) is 14.8. The topological polar surface area (TPSA) is 55.1 Å². The van der Waals surface area contributed by atoms with Crippen LogP contribution in [0.2, 0.25) is 0 Å². The second-order valence-electron chi connectivity index (χ2n) is 7.99. The molecule has 1 amide bonds. The summed E-state index contributed by atoms with van der Waals surface area (Å²) in [5.74, 6) is 0.196. The van der Waals surface area contributed by atoms with E-state index in [1.807, 2.05) is 0 Å². The molecule has 0 atom stereocenters. The zero-order valence-corrected chi connectivity index (χ0v) is 14.8. The molecule has 0 aromatic heterocycles. The monoisotopic (exact) mass is 296 g/mol. The van der Waals surface area contributed by atoms with Gasteiger partial charge in [-0.15, -0.1) is 0 Å². The minimum atomic E-state index is -0.000682. The Hall–Kier alpha value is -0.570. The molecule has 3 nitrogen and oxygen atoms in total. The maximum Gasteiger partial charge on any atom is 0.220 e. The summed E-state index contributed by atoms with van der Waals surface area (Å²) in [6.45, 7) is 10.9. The molecule has 0 aliphatic heterocycles. The van der Waals surface area contributed by atoms with Gasteiger partial charge in [-0.05, 0) is 6.42 Å². The highest BCUT2D eigenvalue weighted by Gasteiger charge is 2.60. The fraction of sp³-hybridized carbons (Fsp3) is 0.944. The quantitative estimate of drug-likeness (QED) is 0.632. The second-order valence-corrected chi connectivity index (χ2v) is 7.99. The van der Waals surface area contributed by atoms with Crippen LogP contribution in [0.4, 0.5) is 0 Å². The van der Waals surface area contributed by atoms with Gasteiger partial charge in [0.05, 0.1) is 0 Å². The third-order valence-electron chi connectivity index (χ3n) is 5.40. The highest BCUT2D eigenvalue weighted by atomic mass is 16.1. The molecule has 0 radical (unpaired) electrons. The molecule has 0 aromatic rings. The average molecular weight is 296 g/mol. The summed E-state index contributed by atoms with van der Waals surface area (Å²) in [5, 5.41) is 3.22. The standard InChI is InChI=1S/C18H36N2O/c1-6-7-8-9-10-11-12-13-14(21)20-16-17(2,3)15(19)18(16,4)5/h15-16H,6-13,19H2,1-5H3,(H,20,21). The summed E-state index contributed by atoms with van der Waals surface area (Å²) in [6.07, 6.45) is 9.39. The molecule has 0 unspecified atom stereocenters. The third kappa shape index (κ3) is 4.45. The average Bonchev–Trinajstić information content (AvgIpc) is 2.42. The summed E-state index contributed by atoms with van der Waals surface area (Å²) in [4.78, 5) is 12.1. The van der Waals surface area contributed by atoms with Crippen molar-refractivity contribution in [1.82, 2.24) is 5.32 Å². The number of hydrogen-bond acceptors (Lipinski definition) is 2. The van der Waals surface area contributed by atoms with Gasteiger partial charge in [0.15, 0.2) is 0 Å². The van der Waals surface area contributed by atoms with Gasteiger partial charge in [0.1, 0.15) is 0 Å². The second kappa shape index (κ2) is 7.62. The van der Waals surface area contributed by atoms with Gasteiger partial charge in [-0.1, -0.05) is 73.1 Å². The number of carbonyl (C=O) groups is 1. The van der Waals surface area contributed by atoms with Crippen molar-refractivity contribution >= 4 is 5.91 Å². The molecule has 1 aliphatic rings. The first-order valence-electron chi connectivity index (χ1n) is 8.79. The predicted octanol–water partition coefficient (Wildman–Crippen LogP) is 4.01. The van der Waals surface area contributed by atoms with Crippen LogP contribution in [-0.4, -0.2) is 18.0 Å². The maximum atomic E-state index is 12.1. The van der Waals surface area contributed by atoms with Gasteiger partial charge >= 0.3 is 0 Å². The Bertz CT molecular complexity index is 320. The van der Waals surface area contributed by atoms with Gasteiger partial charge in [-0.3, -0.25) is 4.79 Å². The van der Waals surface area contributed by atoms with E-state index in [1.54, 1.807) is 0 Å². The summed E-state index contributed by atoms with van der Waals surface area (Å²) in [7, 11) is 0. The first-order valence-corrected chi connectivity index (χ1v) is 8.79. The van der Waals surface area contributed by atoms with Crippen molar-refractivity contribution in [1.29, 1.82) is 0 Å². The molecular weight excluding hydrogens is 260 g/mol. The molecule has 0 bridgehead atoms. The van der Waals surface area contributed by atoms with Gasteiger partial charge in [0, 0.05) is 29.3 Å². The lowest BCUT2D eigenvalue weighted by molar-refractivity contribution is -0.132. The van der Waals surface area contributed by atoms with Gasteiger partial charge in [-0.25, -0.2) is 0 Å². The Labute approximate surface area is 131 Å². The molecule has 3 N–H and O–H groups in total. The highest BCUT2D eigenvalue weighted by molar-refractivity contribution is 5.76. The number of nitrogens with two attached hydrogens (primary N) is 1. The van der Waals surface area contributed by atoms with Crippen LogP contribution in [-0.2, 0) is 4.79 Å². The van der Waals surface area contributed by atoms with Gasteiger partial charge in [0.25, 0.3) is 0 Å². The molecule has 1 rings (SSSR count). The van der Waals surface area contributed by atoms with Crippen molar-refractivity contribution in [2.24, 2.45) is 16.6 Å². The van der Waals surface area contributed by atoms with Crippen molar-refractivity contribution < 1.29 is 4.79 Å². The SMILES string of the molecule is CCCCCCCCCC(=O)NC1C(C)(C)C(N)C1(C)C. The minimum absolute atomic E-state index is 0.000682. The van der Waals surface area contributed by atoms with Crippen LogP contribution in [0.1, 0.15) is 86.0 Å². The maximum absolute atomic E-state index is 12.1. The third-order valence-corrected chi connectivity index (χ3v) is 5.40. The van der Waals surface area contributed by atoms with Crippen molar-refractivity contribution in [3.05, 3.63) is 0 Å². The van der Waals surface area contributed by atoms with E-state index < -0.39 is 0 Å². The minimum Gasteiger partial charge on any atom is -0.352 e. The van der Waals surface area contributed by atoms with E-state index in [0.29, 0.717) is 6.42 Å². The van der Waals surface area contributed by atoms with Crippen LogP contribution in [0.3, 0.4) is 0 Å². The highest BCUT2D eigenvalue weighted by Crippen LogP contribution is 2.52. The molecule has 0 saturated heterocycles. The molecule has 1 fully saturated rings. The van der Waals surface area contributed by atoms with E-state index in [9.17, 15) is 4.79 Å². The predicted molar refractivity (Wildman–Crippen MR) is 90.1 cm³/mol. The summed E-state index contributed by atoms with van der Waals surface area (Å²) >= 11 is 0. The van der Waals surface area contributed by atoms with E-state index in [2.05, 4.69) is 39.9 Å². The number of rotatable bonds is 9. The molecule has 1 aliphatic carbocycles. The fourth-order valence-electron chi connectivity index (χ4n) is 4.03. The van der Waals surface area contributed by atoms with E-state index >= 15 is 0 Å². The van der Waals surface area contributed by atoms with Crippen molar-refractivity contribution in [3.8, 4) is 0 Å². The van der Waals surface area contributed by atoms with Crippen LogP contribution in [0.25, 0.3) is 0 Å². The van der Waals surface area contributed by atoms with E-state index in [-0.39, 0.29) is 28.8 Å². The van der Waals surface area contributed by atoms with Crippen molar-refractivity contribution in [2.45, 2.75) is 98.1 Å². The molecule has 3 heteroatoms. The van der Waals surface area contributed by atoms with Gasteiger partial charge in [-0.2, -0.15) is 0 Å². The van der Waals surface area contributed by atoms with E-state index in [4.69, 9.17) is 5.73 Å². The number of unbranched alkanes of at least 4 members (excludes halogenated alkanes) is 6. The Balaban J connectivity index is 2.20. The summed E-state index contributed by atoms with van der Waals surface area (Å²) in [5.41, 5.74) is 6.23. The van der Waals surface area contributed by atoms with E-state index in [0.717, 1.165) is 6.42 Å². The Morgan fingerprint density at radius 3 is 1.95 bits per heavy atom.